The lowest BCUT2D eigenvalue weighted by atomic mass is 9.95. The maximum absolute atomic E-state index is 12.0. The Hall–Kier alpha value is -2.18. The molecule has 0 aliphatic rings. The van der Waals surface area contributed by atoms with Gasteiger partial charge in [-0.2, -0.15) is 0 Å². The average Bonchev–Trinajstić information content (AvgIpc) is 3.03. The maximum Gasteiger partial charge on any atom is 0.273 e. The van der Waals surface area contributed by atoms with E-state index in [2.05, 4.69) is 10.5 Å². The van der Waals surface area contributed by atoms with Crippen LogP contribution in [0.1, 0.15) is 35.7 Å². The van der Waals surface area contributed by atoms with Gasteiger partial charge in [0.05, 0.1) is 6.61 Å². The number of aromatic nitrogens is 1. The molecule has 1 aromatic carbocycles. The number of hydrogen-bond donors (Lipinski definition) is 2. The molecule has 124 valence electrons. The Bertz CT molecular complexity index is 623. The molecule has 1 amide bonds. The summed E-state index contributed by atoms with van der Waals surface area (Å²) in [6.07, 6.45) is 0. The van der Waals surface area contributed by atoms with Gasteiger partial charge < -0.3 is 19.7 Å². The Morgan fingerprint density at radius 2 is 2.04 bits per heavy atom. The summed E-state index contributed by atoms with van der Waals surface area (Å²) in [4.78, 5) is 12.0. The van der Waals surface area contributed by atoms with Gasteiger partial charge in [0, 0.05) is 24.6 Å². The van der Waals surface area contributed by atoms with Gasteiger partial charge in [0.25, 0.3) is 5.91 Å². The summed E-state index contributed by atoms with van der Waals surface area (Å²) in [7, 11) is 0. The number of aliphatic hydroxyl groups excluding tert-OH is 1. The highest BCUT2D eigenvalue weighted by atomic mass is 16.5. The molecular weight excluding hydrogens is 296 g/mol. The van der Waals surface area contributed by atoms with Crippen molar-refractivity contribution >= 4 is 5.91 Å². The number of benzene rings is 1. The van der Waals surface area contributed by atoms with Gasteiger partial charge in [-0.1, -0.05) is 49.3 Å². The van der Waals surface area contributed by atoms with E-state index < -0.39 is 0 Å². The van der Waals surface area contributed by atoms with Gasteiger partial charge in [-0.25, -0.2) is 0 Å². The number of carbonyl (C=O) groups excluding carboxylic acids is 1. The van der Waals surface area contributed by atoms with Gasteiger partial charge in [0.2, 0.25) is 0 Å². The zero-order chi connectivity index (χ0) is 16.7. The maximum atomic E-state index is 12.0. The second-order valence-corrected chi connectivity index (χ2v) is 6.16. The third-order valence-corrected chi connectivity index (χ3v) is 3.30. The number of ether oxygens (including phenoxy) is 1. The summed E-state index contributed by atoms with van der Waals surface area (Å²) >= 11 is 0. The Labute approximate surface area is 135 Å². The van der Waals surface area contributed by atoms with E-state index in [1.807, 2.05) is 44.2 Å². The Morgan fingerprint density at radius 3 is 2.74 bits per heavy atom. The van der Waals surface area contributed by atoms with Crippen molar-refractivity contribution in [3.8, 4) is 0 Å². The van der Waals surface area contributed by atoms with Crippen LogP contribution in [-0.2, 0) is 18.0 Å². The van der Waals surface area contributed by atoms with Crippen LogP contribution >= 0.6 is 0 Å². The number of amides is 1. The van der Waals surface area contributed by atoms with E-state index in [1.165, 1.54) is 0 Å². The fourth-order valence-electron chi connectivity index (χ4n) is 1.80. The highest BCUT2D eigenvalue weighted by molar-refractivity contribution is 5.92. The molecule has 0 unspecified atom stereocenters. The number of carbonyl (C=O) groups is 1. The van der Waals surface area contributed by atoms with Gasteiger partial charge in [-0.3, -0.25) is 4.79 Å². The van der Waals surface area contributed by atoms with E-state index in [0.717, 1.165) is 5.56 Å². The van der Waals surface area contributed by atoms with Gasteiger partial charge in [0.1, 0.15) is 6.61 Å². The van der Waals surface area contributed by atoms with Gasteiger partial charge >= 0.3 is 0 Å². The van der Waals surface area contributed by atoms with E-state index >= 15 is 0 Å². The Kier molecular flexibility index (Phi) is 5.90. The lowest BCUT2D eigenvalue weighted by Crippen LogP contribution is -2.36. The zero-order valence-corrected chi connectivity index (χ0v) is 13.4. The predicted octanol–water partition coefficient (Wildman–Crippen LogP) is 2.14. The fraction of sp³-hybridized carbons (Fsp3) is 0.412. The van der Waals surface area contributed by atoms with Crippen LogP contribution in [0.25, 0.3) is 0 Å². The van der Waals surface area contributed by atoms with Crippen LogP contribution in [-0.4, -0.2) is 29.3 Å². The SMILES string of the molecule is CC(C)(CO)CNC(=O)c1cc(COCc2ccccc2)on1. The third kappa shape index (κ3) is 5.50. The normalized spacial score (nSPS) is 11.4. The lowest BCUT2D eigenvalue weighted by Gasteiger charge is -2.21. The zero-order valence-electron chi connectivity index (χ0n) is 13.4. The minimum Gasteiger partial charge on any atom is -0.396 e. The third-order valence-electron chi connectivity index (χ3n) is 3.30. The van der Waals surface area contributed by atoms with E-state index in [4.69, 9.17) is 9.26 Å². The fourth-order valence-corrected chi connectivity index (χ4v) is 1.80. The molecule has 1 heterocycles. The van der Waals surface area contributed by atoms with Crippen molar-refractivity contribution in [2.24, 2.45) is 5.41 Å². The average molecular weight is 318 g/mol. The van der Waals surface area contributed by atoms with Crippen LogP contribution in [0.15, 0.2) is 40.9 Å². The van der Waals surface area contributed by atoms with Crippen molar-refractivity contribution in [1.82, 2.24) is 10.5 Å². The van der Waals surface area contributed by atoms with Crippen molar-refractivity contribution < 1.29 is 19.2 Å². The molecule has 0 atom stereocenters. The van der Waals surface area contributed by atoms with Crippen LogP contribution in [0.2, 0.25) is 0 Å². The molecule has 6 heteroatoms. The summed E-state index contributed by atoms with van der Waals surface area (Å²) in [5, 5.41) is 15.6. The van der Waals surface area contributed by atoms with Crippen LogP contribution < -0.4 is 5.32 Å². The highest BCUT2D eigenvalue weighted by Gasteiger charge is 2.19. The standard InChI is InChI=1S/C17H22N2O4/c1-17(2,12-20)11-18-16(21)15-8-14(23-19-15)10-22-9-13-6-4-3-5-7-13/h3-8,20H,9-12H2,1-2H3,(H,18,21). The molecule has 6 nitrogen and oxygen atoms in total. The lowest BCUT2D eigenvalue weighted by molar-refractivity contribution is 0.0871. The first-order chi connectivity index (χ1) is 11.0. The minimum atomic E-state index is -0.374. The van der Waals surface area contributed by atoms with Crippen molar-refractivity contribution in [2.75, 3.05) is 13.2 Å². The Balaban J connectivity index is 1.79. The number of aliphatic hydroxyl groups is 1. The van der Waals surface area contributed by atoms with Crippen molar-refractivity contribution in [2.45, 2.75) is 27.1 Å². The van der Waals surface area contributed by atoms with Gasteiger partial charge in [-0.15, -0.1) is 0 Å². The summed E-state index contributed by atoms with van der Waals surface area (Å²) < 4.78 is 10.6. The predicted molar refractivity (Wildman–Crippen MR) is 84.6 cm³/mol. The number of nitrogens with zero attached hydrogens (tertiary/aromatic N) is 1. The largest absolute Gasteiger partial charge is 0.396 e. The quantitative estimate of drug-likeness (QED) is 0.779. The molecule has 0 radical (unpaired) electrons. The van der Waals surface area contributed by atoms with E-state index in [1.54, 1.807) is 6.07 Å². The molecule has 0 saturated heterocycles. The molecule has 2 rings (SSSR count). The van der Waals surface area contributed by atoms with E-state index in [-0.39, 0.29) is 30.2 Å². The molecule has 0 spiro atoms. The summed E-state index contributed by atoms with van der Waals surface area (Å²) in [5.74, 6) is 0.164. The van der Waals surface area contributed by atoms with E-state index in [9.17, 15) is 9.90 Å². The van der Waals surface area contributed by atoms with Crippen LogP contribution in [0.4, 0.5) is 0 Å². The molecule has 23 heavy (non-hydrogen) atoms. The van der Waals surface area contributed by atoms with E-state index in [0.29, 0.717) is 18.9 Å². The van der Waals surface area contributed by atoms with Crippen LogP contribution in [0.3, 0.4) is 0 Å². The molecule has 0 aliphatic carbocycles. The first-order valence-corrected chi connectivity index (χ1v) is 7.46. The molecule has 2 aromatic rings. The number of rotatable bonds is 8. The number of nitrogens with one attached hydrogen (secondary N) is 1. The smallest absolute Gasteiger partial charge is 0.273 e. The van der Waals surface area contributed by atoms with Crippen LogP contribution in [0.5, 0.6) is 0 Å². The second kappa shape index (κ2) is 7.89. The summed E-state index contributed by atoms with van der Waals surface area (Å²) in [6, 6.07) is 11.4. The van der Waals surface area contributed by atoms with Gasteiger partial charge in [0.15, 0.2) is 11.5 Å². The molecule has 0 aliphatic heterocycles. The molecule has 2 N–H and O–H groups in total. The topological polar surface area (TPSA) is 84.6 Å². The van der Waals surface area contributed by atoms with Gasteiger partial charge in [-0.05, 0) is 5.56 Å². The Morgan fingerprint density at radius 1 is 1.30 bits per heavy atom. The highest BCUT2D eigenvalue weighted by Crippen LogP contribution is 2.12. The monoisotopic (exact) mass is 318 g/mol. The van der Waals surface area contributed by atoms with Crippen LogP contribution in [0, 0.1) is 5.41 Å². The summed E-state index contributed by atoms with van der Waals surface area (Å²) in [6.45, 7) is 4.78. The molecular formula is C17H22N2O4. The van der Waals surface area contributed by atoms with Crippen molar-refractivity contribution in [3.63, 3.8) is 0 Å². The molecule has 0 bridgehead atoms. The van der Waals surface area contributed by atoms with Crippen molar-refractivity contribution in [3.05, 3.63) is 53.4 Å². The molecule has 0 saturated carbocycles. The molecule has 1 aromatic heterocycles. The number of hydrogen-bond acceptors (Lipinski definition) is 5. The van der Waals surface area contributed by atoms with Crippen molar-refractivity contribution in [1.29, 1.82) is 0 Å². The minimum absolute atomic E-state index is 0.00925. The summed E-state index contributed by atoms with van der Waals surface area (Å²) in [5.41, 5.74) is 0.898. The first kappa shape index (κ1) is 17.2. The first-order valence-electron chi connectivity index (χ1n) is 7.46. The second-order valence-electron chi connectivity index (χ2n) is 6.16. The molecule has 0 fully saturated rings.